The zero-order valence-electron chi connectivity index (χ0n) is 15.8. The summed E-state index contributed by atoms with van der Waals surface area (Å²) in [7, 11) is -4.18. The lowest BCUT2D eigenvalue weighted by molar-refractivity contribution is -0.167. The summed E-state index contributed by atoms with van der Waals surface area (Å²) in [6, 6.07) is 10.8. The second-order valence-electron chi connectivity index (χ2n) is 6.65. The first kappa shape index (κ1) is 21.5. The molecular weight excluding hydrogens is 423 g/mol. The fourth-order valence-electron chi connectivity index (χ4n) is 2.67. The van der Waals surface area contributed by atoms with Crippen molar-refractivity contribution >= 4 is 33.0 Å². The SMILES string of the molecule is CC(C)S(=O)(=O)c1c(NC(=O)C(F)(F)F)nc2ccc(C(=O)c3ccccc3)cn12. The van der Waals surface area contributed by atoms with Gasteiger partial charge in [0, 0.05) is 17.3 Å². The van der Waals surface area contributed by atoms with E-state index in [2.05, 4.69) is 4.98 Å². The number of imidazole rings is 1. The Balaban J connectivity index is 2.21. The fourth-order valence-corrected chi connectivity index (χ4v) is 3.90. The number of pyridine rings is 1. The molecule has 0 bridgehead atoms. The van der Waals surface area contributed by atoms with Gasteiger partial charge in [0.25, 0.3) is 0 Å². The van der Waals surface area contributed by atoms with Gasteiger partial charge in [-0.15, -0.1) is 0 Å². The van der Waals surface area contributed by atoms with Crippen LogP contribution in [0.5, 0.6) is 0 Å². The Labute approximate surface area is 169 Å². The first-order valence-electron chi connectivity index (χ1n) is 8.67. The number of sulfone groups is 1. The summed E-state index contributed by atoms with van der Waals surface area (Å²) in [5, 5.41) is -0.131. The predicted octanol–water partition coefficient (Wildman–Crippen LogP) is 3.25. The molecule has 7 nitrogen and oxygen atoms in total. The van der Waals surface area contributed by atoms with Crippen LogP contribution in [0.3, 0.4) is 0 Å². The summed E-state index contributed by atoms with van der Waals surface area (Å²) >= 11 is 0. The van der Waals surface area contributed by atoms with Crippen LogP contribution < -0.4 is 5.32 Å². The molecule has 0 aliphatic carbocycles. The number of carbonyl (C=O) groups is 2. The fraction of sp³-hybridized carbons (Fsp3) is 0.211. The van der Waals surface area contributed by atoms with Crippen LogP contribution >= 0.6 is 0 Å². The molecule has 0 atom stereocenters. The molecule has 11 heteroatoms. The van der Waals surface area contributed by atoms with Crippen molar-refractivity contribution in [3.05, 3.63) is 59.8 Å². The first-order valence-corrected chi connectivity index (χ1v) is 10.2. The number of rotatable bonds is 5. The van der Waals surface area contributed by atoms with E-state index in [-0.39, 0.29) is 11.2 Å². The number of hydrogen-bond acceptors (Lipinski definition) is 5. The minimum Gasteiger partial charge on any atom is -0.300 e. The first-order chi connectivity index (χ1) is 13.9. The molecule has 1 aromatic carbocycles. The number of hydrogen-bond donors (Lipinski definition) is 1. The molecule has 158 valence electrons. The van der Waals surface area contributed by atoms with E-state index in [0.717, 1.165) is 4.40 Å². The average molecular weight is 439 g/mol. The highest BCUT2D eigenvalue weighted by atomic mass is 32.2. The largest absolute Gasteiger partial charge is 0.471 e. The van der Waals surface area contributed by atoms with Crippen molar-refractivity contribution in [2.75, 3.05) is 5.32 Å². The van der Waals surface area contributed by atoms with E-state index in [1.54, 1.807) is 30.3 Å². The highest BCUT2D eigenvalue weighted by Gasteiger charge is 2.41. The third kappa shape index (κ3) is 3.92. The number of aromatic nitrogens is 2. The number of alkyl halides is 3. The highest BCUT2D eigenvalue weighted by molar-refractivity contribution is 7.92. The van der Waals surface area contributed by atoms with Crippen molar-refractivity contribution in [3.63, 3.8) is 0 Å². The second-order valence-corrected chi connectivity index (χ2v) is 9.07. The van der Waals surface area contributed by atoms with Gasteiger partial charge in [-0.05, 0) is 26.0 Å². The van der Waals surface area contributed by atoms with Crippen LogP contribution in [-0.4, -0.2) is 40.9 Å². The van der Waals surface area contributed by atoms with Crippen LogP contribution in [0.2, 0.25) is 0 Å². The maximum Gasteiger partial charge on any atom is 0.471 e. The molecule has 1 N–H and O–H groups in total. The van der Waals surface area contributed by atoms with Gasteiger partial charge in [-0.25, -0.2) is 13.4 Å². The monoisotopic (exact) mass is 439 g/mol. The molecule has 0 saturated heterocycles. The summed E-state index contributed by atoms with van der Waals surface area (Å²) in [5.74, 6) is -3.53. The van der Waals surface area contributed by atoms with Gasteiger partial charge < -0.3 is 5.32 Å². The molecule has 1 amide bonds. The van der Waals surface area contributed by atoms with Gasteiger partial charge >= 0.3 is 12.1 Å². The van der Waals surface area contributed by atoms with Crippen molar-refractivity contribution in [2.45, 2.75) is 30.3 Å². The van der Waals surface area contributed by atoms with Gasteiger partial charge in [-0.1, -0.05) is 30.3 Å². The minimum absolute atomic E-state index is 0.0451. The third-order valence-electron chi connectivity index (χ3n) is 4.25. The Hall–Kier alpha value is -3.21. The van der Waals surface area contributed by atoms with E-state index < -0.39 is 43.8 Å². The lowest BCUT2D eigenvalue weighted by atomic mass is 10.1. The predicted molar refractivity (Wildman–Crippen MR) is 102 cm³/mol. The zero-order chi connectivity index (χ0) is 22.3. The lowest BCUT2D eigenvalue weighted by Gasteiger charge is -2.11. The lowest BCUT2D eigenvalue weighted by Crippen LogP contribution is -2.31. The average Bonchev–Trinajstić information content (AvgIpc) is 3.04. The van der Waals surface area contributed by atoms with Crippen LogP contribution in [0.4, 0.5) is 19.0 Å². The number of benzene rings is 1. The molecule has 3 rings (SSSR count). The van der Waals surface area contributed by atoms with Crippen molar-refractivity contribution in [1.82, 2.24) is 9.38 Å². The van der Waals surface area contributed by atoms with Gasteiger partial charge in [-0.3, -0.25) is 14.0 Å². The number of fused-ring (bicyclic) bond motifs is 1. The molecule has 2 aromatic heterocycles. The maximum absolute atomic E-state index is 12.8. The molecule has 0 radical (unpaired) electrons. The molecule has 0 spiro atoms. The molecule has 30 heavy (non-hydrogen) atoms. The number of carbonyl (C=O) groups excluding carboxylic acids is 2. The molecule has 2 heterocycles. The van der Waals surface area contributed by atoms with Gasteiger partial charge in [0.2, 0.25) is 0 Å². The van der Waals surface area contributed by atoms with E-state index >= 15 is 0 Å². The minimum atomic E-state index is -5.23. The normalized spacial score (nSPS) is 12.3. The molecule has 3 aromatic rings. The van der Waals surface area contributed by atoms with E-state index in [1.807, 2.05) is 0 Å². The summed E-state index contributed by atoms with van der Waals surface area (Å²) in [6.07, 6.45) is -4.06. The van der Waals surface area contributed by atoms with Crippen LogP contribution in [0.25, 0.3) is 5.65 Å². The Bertz CT molecular complexity index is 1230. The van der Waals surface area contributed by atoms with Crippen LogP contribution in [0, 0.1) is 0 Å². The number of ketones is 1. The van der Waals surface area contributed by atoms with E-state index in [4.69, 9.17) is 0 Å². The molecular formula is C19H16F3N3O4S. The van der Waals surface area contributed by atoms with Crippen molar-refractivity contribution in [3.8, 4) is 0 Å². The third-order valence-corrected chi connectivity index (χ3v) is 6.42. The van der Waals surface area contributed by atoms with Crippen molar-refractivity contribution in [2.24, 2.45) is 0 Å². The summed E-state index contributed by atoms with van der Waals surface area (Å²) in [6.45, 7) is 2.67. The van der Waals surface area contributed by atoms with Crippen LogP contribution in [-0.2, 0) is 14.6 Å². The molecule has 0 aliphatic heterocycles. The van der Waals surface area contributed by atoms with Gasteiger partial charge in [0.05, 0.1) is 5.25 Å². The highest BCUT2D eigenvalue weighted by Crippen LogP contribution is 2.29. The summed E-state index contributed by atoms with van der Waals surface area (Å²) < 4.78 is 64.7. The topological polar surface area (TPSA) is 97.6 Å². The number of amides is 1. The molecule has 0 saturated carbocycles. The zero-order valence-corrected chi connectivity index (χ0v) is 16.6. The Kier molecular flexibility index (Phi) is 5.42. The Morgan fingerprint density at radius 3 is 2.23 bits per heavy atom. The maximum atomic E-state index is 12.8. The Morgan fingerprint density at radius 1 is 1.03 bits per heavy atom. The molecule has 0 aliphatic rings. The molecule has 0 fully saturated rings. The van der Waals surface area contributed by atoms with Gasteiger partial charge in [0.15, 0.2) is 26.5 Å². The number of halogens is 3. The summed E-state index contributed by atoms with van der Waals surface area (Å²) in [5.41, 5.74) is 0.396. The van der Waals surface area contributed by atoms with Crippen molar-refractivity contribution in [1.29, 1.82) is 0 Å². The standard InChI is InChI=1S/C19H16F3N3O4S/c1-11(2)30(28,29)17-16(24-18(27)19(20,21)22)23-14-9-8-13(10-25(14)17)15(26)12-6-4-3-5-7-12/h3-11H,1-2H3,(H,24,27). The smallest absolute Gasteiger partial charge is 0.300 e. The number of anilines is 1. The molecule has 0 unspecified atom stereocenters. The number of nitrogens with zero attached hydrogens (tertiary/aromatic N) is 2. The van der Waals surface area contributed by atoms with Crippen LogP contribution in [0.15, 0.2) is 53.7 Å². The quantitative estimate of drug-likeness (QED) is 0.616. The Morgan fingerprint density at radius 2 is 1.67 bits per heavy atom. The van der Waals surface area contributed by atoms with E-state index in [0.29, 0.717) is 5.56 Å². The number of nitrogens with one attached hydrogen (secondary N) is 1. The van der Waals surface area contributed by atoms with Gasteiger partial charge in [-0.2, -0.15) is 13.2 Å². The second kappa shape index (κ2) is 7.56. The van der Waals surface area contributed by atoms with Crippen LogP contribution in [0.1, 0.15) is 29.8 Å². The van der Waals surface area contributed by atoms with Crippen molar-refractivity contribution < 1.29 is 31.2 Å². The van der Waals surface area contributed by atoms with E-state index in [9.17, 15) is 31.2 Å². The van der Waals surface area contributed by atoms with E-state index in [1.165, 1.54) is 37.5 Å². The summed E-state index contributed by atoms with van der Waals surface area (Å²) in [4.78, 5) is 27.9. The van der Waals surface area contributed by atoms with Gasteiger partial charge in [0.1, 0.15) is 5.65 Å².